The summed E-state index contributed by atoms with van der Waals surface area (Å²) in [6.07, 6.45) is 0.698. The average Bonchev–Trinajstić information content (AvgIpc) is 3.71. The molecule has 2 heterocycles. The van der Waals surface area contributed by atoms with Crippen LogP contribution in [0.1, 0.15) is 79.1 Å². The summed E-state index contributed by atoms with van der Waals surface area (Å²) in [5.41, 5.74) is 0. The molecule has 0 aromatic rings. The van der Waals surface area contributed by atoms with Gasteiger partial charge in [0.05, 0.1) is 10.5 Å². The number of thioether (sulfide) groups is 2. The lowest BCUT2D eigenvalue weighted by Gasteiger charge is -2.24. The second-order valence-corrected chi connectivity index (χ2v) is 16.7. The molecule has 4 atom stereocenters. The van der Waals surface area contributed by atoms with Gasteiger partial charge in [-0.15, -0.1) is 0 Å². The Hall–Kier alpha value is -4.97. The summed E-state index contributed by atoms with van der Waals surface area (Å²) < 4.78 is 16.0. The maximum absolute atomic E-state index is 13.5. The van der Waals surface area contributed by atoms with Crippen molar-refractivity contribution in [3.63, 3.8) is 0 Å². The van der Waals surface area contributed by atoms with Crippen molar-refractivity contribution >= 4 is 88.8 Å². The van der Waals surface area contributed by atoms with Crippen LogP contribution in [0.5, 0.6) is 0 Å². The van der Waals surface area contributed by atoms with E-state index in [1.54, 1.807) is 40.2 Å². The van der Waals surface area contributed by atoms with Crippen molar-refractivity contribution in [2.75, 3.05) is 71.6 Å². The monoisotopic (exact) mass is 944 g/mol. The number of imide groups is 2. The number of alkyl carbamates (subject to hydrolysis) is 2. The summed E-state index contributed by atoms with van der Waals surface area (Å²) in [6, 6.07) is -2.03. The minimum atomic E-state index is -1.11. The molecular formula is C40H64N8O14S2. The van der Waals surface area contributed by atoms with Crippen molar-refractivity contribution in [3.8, 4) is 0 Å². The lowest BCUT2D eigenvalue weighted by Crippen LogP contribution is -2.50. The number of hydrogen-bond donors (Lipinski definition) is 6. The van der Waals surface area contributed by atoms with Gasteiger partial charge in [-0.3, -0.25) is 53.0 Å². The number of nitrogens with zero attached hydrogens (tertiary/aromatic N) is 2. The van der Waals surface area contributed by atoms with Crippen LogP contribution in [0.3, 0.4) is 0 Å². The van der Waals surface area contributed by atoms with Crippen LogP contribution in [0.25, 0.3) is 0 Å². The molecule has 64 heavy (non-hydrogen) atoms. The Bertz CT molecular complexity index is 1570. The lowest BCUT2D eigenvalue weighted by molar-refractivity contribution is -0.147. The smallest absolute Gasteiger partial charge is 0.407 e. The van der Waals surface area contributed by atoms with Gasteiger partial charge in [0.1, 0.15) is 37.2 Å². The number of nitrogens with one attached hydrogen (secondary N) is 6. The van der Waals surface area contributed by atoms with E-state index in [1.165, 1.54) is 23.5 Å². The summed E-state index contributed by atoms with van der Waals surface area (Å²) in [5, 5.41) is 14.3. The van der Waals surface area contributed by atoms with Gasteiger partial charge < -0.3 is 46.1 Å². The first-order chi connectivity index (χ1) is 30.6. The molecule has 2 aliphatic rings. The molecule has 0 radical (unpaired) electrons. The van der Waals surface area contributed by atoms with Crippen LogP contribution >= 0.6 is 23.5 Å². The summed E-state index contributed by atoms with van der Waals surface area (Å²) in [7, 11) is 0. The van der Waals surface area contributed by atoms with Gasteiger partial charge in [-0.05, 0) is 45.6 Å². The zero-order valence-corrected chi connectivity index (χ0v) is 39.0. The van der Waals surface area contributed by atoms with Crippen molar-refractivity contribution in [2.24, 2.45) is 5.92 Å². The van der Waals surface area contributed by atoms with Crippen LogP contribution in [0.15, 0.2) is 0 Å². The highest BCUT2D eigenvalue weighted by molar-refractivity contribution is 8.00. The van der Waals surface area contributed by atoms with Crippen LogP contribution in [0.2, 0.25) is 0 Å². The molecule has 24 heteroatoms. The number of hydrogen-bond acceptors (Lipinski definition) is 16. The molecule has 0 aromatic carbocycles. The van der Waals surface area contributed by atoms with Crippen molar-refractivity contribution in [3.05, 3.63) is 0 Å². The highest BCUT2D eigenvalue weighted by Crippen LogP contribution is 2.27. The fourth-order valence-corrected chi connectivity index (χ4v) is 7.96. The third-order valence-corrected chi connectivity index (χ3v) is 11.9. The van der Waals surface area contributed by atoms with E-state index in [1.807, 2.05) is 0 Å². The first kappa shape index (κ1) is 55.2. The number of carbonyl (C=O) groups is 11. The van der Waals surface area contributed by atoms with E-state index in [4.69, 9.17) is 14.2 Å². The molecule has 4 unspecified atom stereocenters. The maximum atomic E-state index is 13.5. The predicted octanol–water partition coefficient (Wildman–Crippen LogP) is -0.387. The fourth-order valence-electron chi connectivity index (χ4n) is 6.71. The average molecular weight is 945 g/mol. The molecule has 0 spiro atoms. The quantitative estimate of drug-likeness (QED) is 0.0395. The highest BCUT2D eigenvalue weighted by atomic mass is 32.2. The lowest BCUT2D eigenvalue weighted by atomic mass is 9.92. The Morgan fingerprint density at radius 1 is 0.625 bits per heavy atom. The number of ether oxygens (including phenoxy) is 3. The second kappa shape index (κ2) is 29.5. The zero-order valence-electron chi connectivity index (χ0n) is 37.4. The highest BCUT2D eigenvalue weighted by Gasteiger charge is 2.45. The topological polar surface area (TPSA) is 294 Å². The Morgan fingerprint density at radius 3 is 1.39 bits per heavy atom. The second-order valence-electron chi connectivity index (χ2n) is 14.6. The summed E-state index contributed by atoms with van der Waals surface area (Å²) >= 11 is 2.47. The summed E-state index contributed by atoms with van der Waals surface area (Å²) in [6.45, 7) is 6.55. The molecule has 22 nitrogen and oxygen atoms in total. The normalized spacial score (nSPS) is 17.4. The number of rotatable bonds is 30. The minimum absolute atomic E-state index is 0.00764. The molecule has 2 rings (SSSR count). The van der Waals surface area contributed by atoms with Crippen LogP contribution < -0.4 is 31.9 Å². The number of Topliss-reactive ketones (excluding diaryl/α,β-unsaturated/α-hetero) is 1. The van der Waals surface area contributed by atoms with Gasteiger partial charge in [-0.2, -0.15) is 23.5 Å². The predicted molar refractivity (Wildman–Crippen MR) is 234 cm³/mol. The standard InChI is InChI=1S/C40H64N8O14S2/c1-7-26(47-33(52)20-29(63-5)37(47)56)35(54)45-15-13-43-31(50)18-24(28(49)12-11-17-60-25(22-61-39(58)41-9-3)23-62-40(59)42-10-4)19-32(51)44-14-16-46-36(55)27(8-2)48-34(53)21-30(64-6)38(48)57/h24-27,29-30H,7-23H2,1-6H3,(H,41,58)(H,42,59)(H,43,50)(H,44,51)(H,45,54)(H,46,55). The van der Waals surface area contributed by atoms with E-state index in [-0.39, 0.29) is 84.5 Å². The molecule has 0 aliphatic carbocycles. The van der Waals surface area contributed by atoms with Crippen molar-refractivity contribution in [1.82, 2.24) is 41.7 Å². The van der Waals surface area contributed by atoms with Gasteiger partial charge in [0.2, 0.25) is 47.3 Å². The van der Waals surface area contributed by atoms with Crippen molar-refractivity contribution in [1.29, 1.82) is 0 Å². The molecule has 10 amide bonds. The molecule has 360 valence electrons. The van der Waals surface area contributed by atoms with Gasteiger partial charge in [0.25, 0.3) is 0 Å². The van der Waals surface area contributed by atoms with Crippen LogP contribution in [0, 0.1) is 5.92 Å². The molecule has 0 saturated carbocycles. The molecule has 2 fully saturated rings. The fraction of sp³-hybridized carbons (Fsp3) is 0.725. The maximum Gasteiger partial charge on any atom is 0.407 e. The number of likely N-dealkylation sites (tertiary alicyclic amines) is 2. The van der Waals surface area contributed by atoms with Crippen molar-refractivity contribution in [2.45, 2.75) is 108 Å². The van der Waals surface area contributed by atoms with Gasteiger partial charge in [-0.25, -0.2) is 9.59 Å². The van der Waals surface area contributed by atoms with Crippen LogP contribution in [-0.4, -0.2) is 175 Å². The van der Waals surface area contributed by atoms with Crippen LogP contribution in [0.4, 0.5) is 9.59 Å². The number of ketones is 1. The van der Waals surface area contributed by atoms with Crippen molar-refractivity contribution < 1.29 is 67.0 Å². The zero-order chi connectivity index (χ0) is 47.8. The molecular weight excluding hydrogens is 881 g/mol. The first-order valence-corrected chi connectivity index (χ1v) is 24.0. The van der Waals surface area contributed by atoms with Gasteiger partial charge in [-0.1, -0.05) is 13.8 Å². The SMILES string of the molecule is CCNC(=O)OCC(COC(=O)NCC)OCCCC(=O)C(CC(=O)NCCNC(=O)C(CC)N1C(=O)CC(SC)C1=O)CC(=O)NCCNC(=O)C(CC)N1C(=O)CC(SC)C1=O. The van der Waals surface area contributed by atoms with Crippen LogP contribution in [-0.2, 0) is 57.4 Å². The third-order valence-electron chi connectivity index (χ3n) is 10.0. The molecule has 2 saturated heterocycles. The molecule has 6 N–H and O–H groups in total. The Morgan fingerprint density at radius 2 is 1.03 bits per heavy atom. The Kier molecular flexibility index (Phi) is 25.4. The molecule has 0 aromatic heterocycles. The third kappa shape index (κ3) is 17.9. The van der Waals surface area contributed by atoms with Gasteiger partial charge in [0.15, 0.2) is 0 Å². The minimum Gasteiger partial charge on any atom is -0.447 e. The van der Waals surface area contributed by atoms with E-state index in [0.717, 1.165) is 9.80 Å². The Labute approximate surface area is 381 Å². The number of carbonyl (C=O) groups excluding carboxylic acids is 11. The van der Waals surface area contributed by atoms with E-state index in [2.05, 4.69) is 31.9 Å². The van der Waals surface area contributed by atoms with Gasteiger partial charge in [0, 0.05) is 83.9 Å². The Balaban J connectivity index is 2.02. The summed E-state index contributed by atoms with van der Waals surface area (Å²) in [4.78, 5) is 142. The summed E-state index contributed by atoms with van der Waals surface area (Å²) in [5.74, 6) is -5.62. The first-order valence-electron chi connectivity index (χ1n) is 21.4. The van der Waals surface area contributed by atoms with E-state index < -0.39 is 113 Å². The van der Waals surface area contributed by atoms with E-state index >= 15 is 0 Å². The van der Waals surface area contributed by atoms with E-state index in [9.17, 15) is 52.7 Å². The number of amides is 10. The molecule has 0 bridgehead atoms. The molecule has 2 aliphatic heterocycles. The van der Waals surface area contributed by atoms with Gasteiger partial charge >= 0.3 is 12.2 Å². The van der Waals surface area contributed by atoms with E-state index in [0.29, 0.717) is 13.1 Å². The largest absolute Gasteiger partial charge is 0.447 e.